The van der Waals surface area contributed by atoms with E-state index >= 15 is 0 Å². The number of hydrogen-bond donors (Lipinski definition) is 1. The van der Waals surface area contributed by atoms with E-state index in [0.717, 1.165) is 6.54 Å². The zero-order chi connectivity index (χ0) is 13.2. The SMILES string of the molecule is CC(C)CN1CCN(C(C)(C)C(=O)O)CS1=O. The van der Waals surface area contributed by atoms with Gasteiger partial charge in [0.1, 0.15) is 16.5 Å². The van der Waals surface area contributed by atoms with Gasteiger partial charge >= 0.3 is 5.97 Å². The lowest BCUT2D eigenvalue weighted by Gasteiger charge is -2.40. The Balaban J connectivity index is 2.64. The highest BCUT2D eigenvalue weighted by Crippen LogP contribution is 2.20. The second kappa shape index (κ2) is 5.46. The third-order valence-electron chi connectivity index (χ3n) is 3.06. The summed E-state index contributed by atoms with van der Waals surface area (Å²) in [6.07, 6.45) is 0. The normalized spacial score (nSPS) is 24.2. The quantitative estimate of drug-likeness (QED) is 0.812. The summed E-state index contributed by atoms with van der Waals surface area (Å²) in [6.45, 7) is 9.61. The van der Waals surface area contributed by atoms with Crippen molar-refractivity contribution in [3.8, 4) is 0 Å². The first kappa shape index (κ1) is 14.6. The summed E-state index contributed by atoms with van der Waals surface area (Å²) < 4.78 is 13.9. The highest BCUT2D eigenvalue weighted by atomic mass is 32.2. The Hall–Kier alpha value is -0.460. The smallest absolute Gasteiger partial charge is 0.323 e. The van der Waals surface area contributed by atoms with Crippen molar-refractivity contribution < 1.29 is 14.1 Å². The van der Waals surface area contributed by atoms with Crippen LogP contribution in [0, 0.1) is 5.92 Å². The highest BCUT2D eigenvalue weighted by Gasteiger charge is 2.38. The predicted molar refractivity (Wildman–Crippen MR) is 67.8 cm³/mol. The van der Waals surface area contributed by atoms with Gasteiger partial charge in [-0.05, 0) is 19.8 Å². The number of rotatable bonds is 4. The van der Waals surface area contributed by atoms with Crippen LogP contribution in [0.2, 0.25) is 0 Å². The number of carboxylic acid groups (broad SMARTS) is 1. The van der Waals surface area contributed by atoms with Gasteiger partial charge in [0.2, 0.25) is 0 Å². The van der Waals surface area contributed by atoms with Crippen LogP contribution in [0.1, 0.15) is 27.7 Å². The Morgan fingerprint density at radius 1 is 1.41 bits per heavy atom. The molecular formula is C11H22N2O3S. The summed E-state index contributed by atoms with van der Waals surface area (Å²) in [6, 6.07) is 0. The molecule has 0 saturated carbocycles. The Labute approximate surface area is 105 Å². The van der Waals surface area contributed by atoms with Crippen molar-refractivity contribution in [2.24, 2.45) is 5.92 Å². The highest BCUT2D eigenvalue weighted by molar-refractivity contribution is 7.82. The standard InChI is InChI=1S/C11H22N2O3S/c1-9(2)7-13-6-5-12(8-17(13)16)11(3,4)10(14)15/h9H,5-8H2,1-4H3,(H,14,15). The second-order valence-corrected chi connectivity index (χ2v) is 6.78. The van der Waals surface area contributed by atoms with E-state index < -0.39 is 22.5 Å². The lowest BCUT2D eigenvalue weighted by Crippen LogP contribution is -2.58. The first-order chi connectivity index (χ1) is 7.75. The van der Waals surface area contributed by atoms with Gasteiger partial charge < -0.3 is 5.11 Å². The van der Waals surface area contributed by atoms with Crippen LogP contribution in [0.15, 0.2) is 0 Å². The molecule has 5 nitrogen and oxygen atoms in total. The van der Waals surface area contributed by atoms with Crippen LogP contribution in [-0.4, -0.2) is 55.5 Å². The fourth-order valence-corrected chi connectivity index (χ4v) is 3.40. The van der Waals surface area contributed by atoms with E-state index in [1.165, 1.54) is 0 Å². The summed E-state index contributed by atoms with van der Waals surface area (Å²) in [5.74, 6) is -0.0868. The van der Waals surface area contributed by atoms with Crippen molar-refractivity contribution in [2.75, 3.05) is 25.5 Å². The molecule has 0 aliphatic carbocycles. The van der Waals surface area contributed by atoms with Crippen LogP contribution in [0.3, 0.4) is 0 Å². The maximum absolute atomic E-state index is 12.0. The molecule has 0 spiro atoms. The van der Waals surface area contributed by atoms with E-state index in [9.17, 15) is 9.00 Å². The molecule has 0 aromatic rings. The van der Waals surface area contributed by atoms with Crippen molar-refractivity contribution in [1.29, 1.82) is 0 Å². The molecule has 0 aromatic carbocycles. The Morgan fingerprint density at radius 2 is 2.00 bits per heavy atom. The summed E-state index contributed by atoms with van der Waals surface area (Å²) in [5.41, 5.74) is -0.945. The molecule has 0 bridgehead atoms. The van der Waals surface area contributed by atoms with Crippen LogP contribution in [0.4, 0.5) is 0 Å². The summed E-state index contributed by atoms with van der Waals surface area (Å²) >= 11 is 0. The fourth-order valence-electron chi connectivity index (χ4n) is 1.77. The molecule has 1 heterocycles. The van der Waals surface area contributed by atoms with Gasteiger partial charge in [-0.25, -0.2) is 8.51 Å². The molecule has 100 valence electrons. The van der Waals surface area contributed by atoms with Gasteiger partial charge in [-0.15, -0.1) is 0 Å². The maximum atomic E-state index is 12.0. The first-order valence-corrected chi connectivity index (χ1v) is 7.14. The minimum atomic E-state index is -1.10. The zero-order valence-electron chi connectivity index (χ0n) is 11.0. The van der Waals surface area contributed by atoms with Crippen molar-refractivity contribution >= 4 is 17.0 Å². The molecule has 1 saturated heterocycles. The van der Waals surface area contributed by atoms with E-state index in [1.807, 2.05) is 4.31 Å². The molecule has 1 N–H and O–H groups in total. The third-order valence-corrected chi connectivity index (χ3v) is 4.50. The molecular weight excluding hydrogens is 240 g/mol. The number of nitrogens with zero attached hydrogens (tertiary/aromatic N) is 2. The number of hydrogen-bond acceptors (Lipinski definition) is 3. The molecule has 1 aliphatic rings. The van der Waals surface area contributed by atoms with Gasteiger partial charge in [-0.3, -0.25) is 9.69 Å². The number of carbonyl (C=O) groups is 1. The summed E-state index contributed by atoms with van der Waals surface area (Å²) in [4.78, 5) is 12.9. The Bertz CT molecular complexity index is 318. The van der Waals surface area contributed by atoms with Crippen LogP contribution < -0.4 is 0 Å². The van der Waals surface area contributed by atoms with E-state index in [4.69, 9.17) is 5.11 Å². The van der Waals surface area contributed by atoms with Gasteiger partial charge in [0.15, 0.2) is 0 Å². The molecule has 6 heteroatoms. The number of aliphatic carboxylic acids is 1. The molecule has 0 amide bonds. The average molecular weight is 262 g/mol. The molecule has 0 radical (unpaired) electrons. The van der Waals surface area contributed by atoms with Gasteiger partial charge in [0.05, 0.1) is 5.88 Å². The van der Waals surface area contributed by atoms with Crippen LogP contribution in [0.25, 0.3) is 0 Å². The van der Waals surface area contributed by atoms with E-state index in [-0.39, 0.29) is 0 Å². The molecule has 1 rings (SSSR count). The Morgan fingerprint density at radius 3 is 2.41 bits per heavy atom. The van der Waals surface area contributed by atoms with Gasteiger partial charge in [0, 0.05) is 19.6 Å². The second-order valence-electron chi connectivity index (χ2n) is 5.36. The van der Waals surface area contributed by atoms with Crippen molar-refractivity contribution in [1.82, 2.24) is 9.21 Å². The first-order valence-electron chi connectivity index (χ1n) is 5.87. The van der Waals surface area contributed by atoms with Gasteiger partial charge in [-0.1, -0.05) is 13.8 Å². The van der Waals surface area contributed by atoms with Crippen LogP contribution in [0.5, 0.6) is 0 Å². The maximum Gasteiger partial charge on any atom is 0.323 e. The van der Waals surface area contributed by atoms with E-state index in [2.05, 4.69) is 13.8 Å². The predicted octanol–water partition coefficient (Wildman–Crippen LogP) is 0.744. The van der Waals surface area contributed by atoms with Crippen molar-refractivity contribution in [3.63, 3.8) is 0 Å². The van der Waals surface area contributed by atoms with Crippen LogP contribution in [-0.2, 0) is 15.8 Å². The monoisotopic (exact) mass is 262 g/mol. The minimum absolute atomic E-state index is 0.312. The average Bonchev–Trinajstić information content (AvgIpc) is 2.20. The number of carboxylic acids is 1. The largest absolute Gasteiger partial charge is 0.480 e. The summed E-state index contributed by atoms with van der Waals surface area (Å²) in [5, 5.41) is 9.14. The van der Waals surface area contributed by atoms with E-state index in [0.29, 0.717) is 24.9 Å². The third kappa shape index (κ3) is 3.50. The molecule has 1 aliphatic heterocycles. The Kier molecular flexibility index (Phi) is 4.69. The van der Waals surface area contributed by atoms with Crippen molar-refractivity contribution in [2.45, 2.75) is 33.2 Å². The molecule has 17 heavy (non-hydrogen) atoms. The minimum Gasteiger partial charge on any atom is -0.480 e. The van der Waals surface area contributed by atoms with Gasteiger partial charge in [0.25, 0.3) is 0 Å². The lowest BCUT2D eigenvalue weighted by molar-refractivity contribution is -0.149. The zero-order valence-corrected chi connectivity index (χ0v) is 11.8. The van der Waals surface area contributed by atoms with Crippen molar-refractivity contribution in [3.05, 3.63) is 0 Å². The molecule has 0 aromatic heterocycles. The molecule has 1 unspecified atom stereocenters. The topological polar surface area (TPSA) is 60.9 Å². The van der Waals surface area contributed by atoms with Gasteiger partial charge in [-0.2, -0.15) is 0 Å². The van der Waals surface area contributed by atoms with Crippen LogP contribution >= 0.6 is 0 Å². The fraction of sp³-hybridized carbons (Fsp3) is 0.909. The molecule has 1 atom stereocenters. The lowest BCUT2D eigenvalue weighted by atomic mass is 10.0. The van der Waals surface area contributed by atoms with E-state index in [1.54, 1.807) is 18.7 Å². The summed E-state index contributed by atoms with van der Waals surface area (Å²) in [7, 11) is -1.10. The molecule has 1 fully saturated rings.